The number of ether oxygens (including phenoxy) is 1. The summed E-state index contributed by atoms with van der Waals surface area (Å²) in [7, 11) is 0. The van der Waals surface area contributed by atoms with E-state index in [0.717, 1.165) is 61.1 Å². The summed E-state index contributed by atoms with van der Waals surface area (Å²) in [5, 5.41) is 5.55. The highest BCUT2D eigenvalue weighted by Gasteiger charge is 2.34. The third-order valence-electron chi connectivity index (χ3n) is 7.18. The normalized spacial score (nSPS) is 21.0. The van der Waals surface area contributed by atoms with E-state index >= 15 is 0 Å². The minimum Gasteiger partial charge on any atom is -0.373 e. The minimum atomic E-state index is 0.257. The first-order valence-electron chi connectivity index (χ1n) is 12.2. The van der Waals surface area contributed by atoms with Crippen LogP contribution in [0.5, 0.6) is 0 Å². The Morgan fingerprint density at radius 2 is 1.55 bits per heavy atom. The van der Waals surface area contributed by atoms with Gasteiger partial charge in [-0.2, -0.15) is 0 Å². The zero-order valence-electron chi connectivity index (χ0n) is 19.3. The fraction of sp³-hybridized carbons (Fsp3) is 0.464. The summed E-state index contributed by atoms with van der Waals surface area (Å²) in [6.07, 6.45) is 7.00. The summed E-state index contributed by atoms with van der Waals surface area (Å²) in [5.74, 6) is 2.59. The van der Waals surface area contributed by atoms with Gasteiger partial charge in [0.1, 0.15) is 11.5 Å². The van der Waals surface area contributed by atoms with Crippen LogP contribution in [0.2, 0.25) is 10.0 Å². The molecule has 0 spiro atoms. The third kappa shape index (κ3) is 5.01. The van der Waals surface area contributed by atoms with Crippen molar-refractivity contribution in [2.24, 2.45) is 0 Å². The van der Waals surface area contributed by atoms with Gasteiger partial charge in [-0.05, 0) is 73.6 Å². The Balaban J connectivity index is 1.25. The summed E-state index contributed by atoms with van der Waals surface area (Å²) < 4.78 is 12.2. The van der Waals surface area contributed by atoms with E-state index in [1.807, 2.05) is 18.2 Å². The second-order valence-electron chi connectivity index (χ2n) is 9.85. The molecule has 0 saturated heterocycles. The Morgan fingerprint density at radius 3 is 2.15 bits per heavy atom. The van der Waals surface area contributed by atoms with Gasteiger partial charge in [-0.1, -0.05) is 72.5 Å². The lowest BCUT2D eigenvalue weighted by Gasteiger charge is -2.29. The molecule has 1 aromatic heterocycles. The molecular weight excluding hydrogens is 453 g/mol. The van der Waals surface area contributed by atoms with Crippen molar-refractivity contribution in [3.05, 3.63) is 75.0 Å². The van der Waals surface area contributed by atoms with E-state index in [4.69, 9.17) is 32.5 Å². The average Bonchev–Trinajstić information content (AvgIpc) is 3.58. The number of benzene rings is 2. The van der Waals surface area contributed by atoms with Gasteiger partial charge in [0.2, 0.25) is 0 Å². The molecule has 0 radical (unpaired) electrons. The lowest BCUT2D eigenvalue weighted by atomic mass is 9.82. The van der Waals surface area contributed by atoms with E-state index in [-0.39, 0.29) is 6.10 Å². The van der Waals surface area contributed by atoms with E-state index in [9.17, 15) is 0 Å². The van der Waals surface area contributed by atoms with E-state index in [1.54, 1.807) is 0 Å². The predicted molar refractivity (Wildman–Crippen MR) is 134 cm³/mol. The van der Waals surface area contributed by atoms with E-state index in [2.05, 4.69) is 43.3 Å². The molecule has 0 amide bonds. The van der Waals surface area contributed by atoms with Crippen LogP contribution in [0.15, 0.2) is 47.0 Å². The molecule has 5 heteroatoms. The largest absolute Gasteiger partial charge is 0.373 e. The van der Waals surface area contributed by atoms with Crippen LogP contribution in [-0.4, -0.2) is 11.3 Å². The van der Waals surface area contributed by atoms with Crippen molar-refractivity contribution in [3.63, 3.8) is 0 Å². The molecule has 0 unspecified atom stereocenters. The van der Waals surface area contributed by atoms with Gasteiger partial charge in [0, 0.05) is 17.0 Å². The van der Waals surface area contributed by atoms with Crippen molar-refractivity contribution in [2.75, 3.05) is 0 Å². The SMILES string of the molecule is CC(C)c1ccc([C@H]2CC[C@H](OCc3c(-c4c(Cl)cccc4Cl)noc3C3CC3)CC2)cc1. The molecule has 0 atom stereocenters. The van der Waals surface area contributed by atoms with Gasteiger partial charge >= 0.3 is 0 Å². The van der Waals surface area contributed by atoms with Crippen LogP contribution in [0.25, 0.3) is 11.3 Å². The van der Waals surface area contributed by atoms with Crippen LogP contribution in [-0.2, 0) is 11.3 Å². The van der Waals surface area contributed by atoms with Crippen LogP contribution in [0.3, 0.4) is 0 Å². The Kier molecular flexibility index (Phi) is 6.83. The lowest BCUT2D eigenvalue weighted by molar-refractivity contribution is 0.0129. The van der Waals surface area contributed by atoms with Crippen molar-refractivity contribution < 1.29 is 9.26 Å². The molecule has 3 aromatic rings. The quantitative estimate of drug-likeness (QED) is 0.336. The van der Waals surface area contributed by atoms with Crippen LogP contribution in [0.4, 0.5) is 0 Å². The van der Waals surface area contributed by atoms with Gasteiger partial charge in [-0.15, -0.1) is 0 Å². The highest BCUT2D eigenvalue weighted by molar-refractivity contribution is 6.39. The minimum absolute atomic E-state index is 0.257. The van der Waals surface area contributed by atoms with Gasteiger partial charge in [0.15, 0.2) is 0 Å². The molecule has 2 aliphatic rings. The van der Waals surface area contributed by atoms with Crippen LogP contribution >= 0.6 is 23.2 Å². The third-order valence-corrected chi connectivity index (χ3v) is 7.81. The van der Waals surface area contributed by atoms with Crippen LogP contribution < -0.4 is 0 Å². The van der Waals surface area contributed by atoms with E-state index in [1.165, 1.54) is 11.1 Å². The zero-order valence-corrected chi connectivity index (χ0v) is 20.8. The Hall–Kier alpha value is -1.81. The molecule has 2 aromatic carbocycles. The van der Waals surface area contributed by atoms with Gasteiger partial charge < -0.3 is 9.26 Å². The molecule has 0 aliphatic heterocycles. The van der Waals surface area contributed by atoms with Gasteiger partial charge in [-0.3, -0.25) is 0 Å². The van der Waals surface area contributed by atoms with Crippen molar-refractivity contribution in [1.29, 1.82) is 0 Å². The molecule has 1 heterocycles. The molecule has 0 N–H and O–H groups in total. The Labute approximate surface area is 206 Å². The molecule has 2 saturated carbocycles. The van der Waals surface area contributed by atoms with Crippen molar-refractivity contribution in [2.45, 2.75) is 82.8 Å². The fourth-order valence-electron chi connectivity index (χ4n) is 4.97. The fourth-order valence-corrected chi connectivity index (χ4v) is 5.54. The Morgan fingerprint density at radius 1 is 0.909 bits per heavy atom. The van der Waals surface area contributed by atoms with Gasteiger partial charge in [0.25, 0.3) is 0 Å². The monoisotopic (exact) mass is 483 g/mol. The lowest BCUT2D eigenvalue weighted by Crippen LogP contribution is -2.21. The number of rotatable bonds is 7. The molecule has 33 heavy (non-hydrogen) atoms. The molecule has 2 fully saturated rings. The molecule has 3 nitrogen and oxygen atoms in total. The number of hydrogen-bond donors (Lipinski definition) is 0. The molecular formula is C28H31Cl2NO2. The first kappa shape index (κ1) is 23.0. The second kappa shape index (κ2) is 9.82. The van der Waals surface area contributed by atoms with Crippen molar-refractivity contribution in [3.8, 4) is 11.3 Å². The molecule has 2 aliphatic carbocycles. The summed E-state index contributed by atoms with van der Waals surface area (Å²) in [4.78, 5) is 0. The topological polar surface area (TPSA) is 35.3 Å². The van der Waals surface area contributed by atoms with E-state index in [0.29, 0.717) is 34.4 Å². The summed E-state index contributed by atoms with van der Waals surface area (Å²) in [6.45, 7) is 4.98. The molecule has 5 rings (SSSR count). The summed E-state index contributed by atoms with van der Waals surface area (Å²) >= 11 is 13.0. The molecule has 174 valence electrons. The van der Waals surface area contributed by atoms with Crippen LogP contribution in [0.1, 0.15) is 92.6 Å². The standard InChI is InChI=1S/C28H31Cl2NO2/c1-17(2)18-6-8-19(9-7-18)20-12-14-22(15-13-20)32-16-23-27(31-33-28(23)21-10-11-21)26-24(29)4-3-5-25(26)30/h3-9,17,20-22H,10-16H2,1-2H3/t20-,22-. The summed E-state index contributed by atoms with van der Waals surface area (Å²) in [6, 6.07) is 14.7. The smallest absolute Gasteiger partial charge is 0.145 e. The van der Waals surface area contributed by atoms with Crippen molar-refractivity contribution in [1.82, 2.24) is 5.16 Å². The maximum atomic E-state index is 6.48. The van der Waals surface area contributed by atoms with Gasteiger partial charge in [0.05, 0.1) is 22.8 Å². The number of aromatic nitrogens is 1. The van der Waals surface area contributed by atoms with Gasteiger partial charge in [-0.25, -0.2) is 0 Å². The van der Waals surface area contributed by atoms with Crippen molar-refractivity contribution >= 4 is 23.2 Å². The van der Waals surface area contributed by atoms with E-state index < -0.39 is 0 Å². The first-order valence-corrected chi connectivity index (χ1v) is 12.9. The maximum absolute atomic E-state index is 6.48. The summed E-state index contributed by atoms with van der Waals surface area (Å²) in [5.41, 5.74) is 5.35. The molecule has 0 bridgehead atoms. The first-order chi connectivity index (χ1) is 16.0. The predicted octanol–water partition coefficient (Wildman–Crippen LogP) is 8.89. The highest BCUT2D eigenvalue weighted by Crippen LogP contribution is 2.46. The zero-order chi connectivity index (χ0) is 22.9. The van der Waals surface area contributed by atoms with Crippen LogP contribution in [0, 0.1) is 0 Å². The maximum Gasteiger partial charge on any atom is 0.145 e. The second-order valence-corrected chi connectivity index (χ2v) is 10.7. The number of halogens is 2. The number of nitrogens with zero attached hydrogens (tertiary/aromatic N) is 1. The highest BCUT2D eigenvalue weighted by atomic mass is 35.5. The number of hydrogen-bond acceptors (Lipinski definition) is 3. The Bertz CT molecular complexity index is 1070. The average molecular weight is 484 g/mol.